The molecule has 0 aliphatic rings. The Labute approximate surface area is 435 Å². The van der Waals surface area contributed by atoms with Gasteiger partial charge in [-0.3, -0.25) is 0 Å². The van der Waals surface area contributed by atoms with Gasteiger partial charge >= 0.3 is 0 Å². The number of hydrogen-bond donors (Lipinski definition) is 11. The van der Waals surface area contributed by atoms with Crippen LogP contribution in [0, 0.1) is 0 Å². The minimum Gasteiger partial charge on any atom is -0.390 e. The second-order valence-electron chi connectivity index (χ2n) is 26.2. The second-order valence-corrected chi connectivity index (χ2v) is 26.2. The summed E-state index contributed by atoms with van der Waals surface area (Å²) >= 11 is 0. The highest BCUT2D eigenvalue weighted by Gasteiger charge is 2.33. The van der Waals surface area contributed by atoms with Crippen LogP contribution in [0.1, 0.15) is 283 Å². The maximum Gasteiger partial charge on any atom is 0.0877 e. The maximum atomic E-state index is 11.2. The lowest BCUT2D eigenvalue weighted by Crippen LogP contribution is -2.39. The summed E-state index contributed by atoms with van der Waals surface area (Å²) in [4.78, 5) is 0. The summed E-state index contributed by atoms with van der Waals surface area (Å²) < 4.78 is 0. The highest BCUT2D eigenvalue weighted by Crippen LogP contribution is 2.34. The van der Waals surface area contributed by atoms with Gasteiger partial charge < -0.3 is 56.2 Å². The van der Waals surface area contributed by atoms with Crippen LogP contribution in [0.4, 0.5) is 0 Å². The summed E-state index contributed by atoms with van der Waals surface area (Å²) in [6.07, 6.45) is 22.2. The molecule has 0 bridgehead atoms. The van der Waals surface area contributed by atoms with E-state index >= 15 is 0 Å². The fraction of sp³-hybridized carbons (Fsp3) is 0.900. The minimum atomic E-state index is -1.28. The van der Waals surface area contributed by atoms with Crippen LogP contribution in [-0.2, 0) is 0 Å². The van der Waals surface area contributed by atoms with Crippen LogP contribution < -0.4 is 0 Å². The van der Waals surface area contributed by atoms with Crippen molar-refractivity contribution in [1.29, 1.82) is 0 Å². The summed E-state index contributed by atoms with van der Waals surface area (Å²) in [7, 11) is 0. The zero-order valence-corrected chi connectivity index (χ0v) is 48.1. The molecular weight excluding hydrogens is 897 g/mol. The van der Waals surface area contributed by atoms with Gasteiger partial charge in [0.25, 0.3) is 0 Å². The molecule has 0 saturated heterocycles. The number of allylic oxidation sites excluding steroid dienone is 4. The Hall–Kier alpha value is -1.22. The molecule has 0 rings (SSSR count). The molecule has 11 nitrogen and oxygen atoms in total. The summed E-state index contributed by atoms with van der Waals surface area (Å²) in [5.41, 5.74) is -7.07. The second kappa shape index (κ2) is 31.1. The lowest BCUT2D eigenvalue weighted by molar-refractivity contribution is -0.0746. The maximum absolute atomic E-state index is 11.2. The zero-order chi connectivity index (χ0) is 55.1. The van der Waals surface area contributed by atoms with Gasteiger partial charge in [-0.25, -0.2) is 0 Å². The van der Waals surface area contributed by atoms with Crippen molar-refractivity contribution in [3.63, 3.8) is 0 Å². The molecule has 0 aliphatic carbocycles. The van der Waals surface area contributed by atoms with Gasteiger partial charge in [0, 0.05) is 0 Å². The molecule has 11 heteroatoms. The van der Waals surface area contributed by atoms with Crippen molar-refractivity contribution < 1.29 is 56.2 Å². The molecule has 0 fully saturated rings. The van der Waals surface area contributed by atoms with Crippen LogP contribution in [-0.4, -0.2) is 118 Å². The van der Waals surface area contributed by atoms with Gasteiger partial charge in [-0.2, -0.15) is 0 Å². The van der Waals surface area contributed by atoms with Gasteiger partial charge in [-0.1, -0.05) is 29.4 Å². The fourth-order valence-corrected chi connectivity index (χ4v) is 10.1. The monoisotopic (exact) mass is 1010 g/mol. The third kappa shape index (κ3) is 37.2. The van der Waals surface area contributed by atoms with Crippen LogP contribution in [0.5, 0.6) is 0 Å². The molecule has 0 unspecified atom stereocenters. The predicted molar refractivity (Wildman–Crippen MR) is 294 cm³/mol. The third-order valence-electron chi connectivity index (χ3n) is 15.8. The van der Waals surface area contributed by atoms with Gasteiger partial charge in [0.15, 0.2) is 0 Å². The van der Waals surface area contributed by atoms with E-state index in [1.807, 2.05) is 48.5 Å². The lowest BCUT2D eigenvalue weighted by atomic mass is 9.83. The lowest BCUT2D eigenvalue weighted by Gasteiger charge is -2.32. The Morgan fingerprint density at radius 3 is 0.859 bits per heavy atom. The van der Waals surface area contributed by atoms with Crippen LogP contribution >= 0.6 is 0 Å². The Bertz CT molecular complexity index is 1510. The van der Waals surface area contributed by atoms with Crippen molar-refractivity contribution in [3.8, 4) is 0 Å². The number of hydrogen-bond acceptors (Lipinski definition) is 11. The van der Waals surface area contributed by atoms with Gasteiger partial charge in [0.2, 0.25) is 0 Å². The zero-order valence-electron chi connectivity index (χ0n) is 48.1. The quantitative estimate of drug-likeness (QED) is 0.0258. The van der Waals surface area contributed by atoms with Gasteiger partial charge in [0.1, 0.15) is 0 Å². The average Bonchev–Trinajstić information content (AvgIpc) is 3.18. The SMILES string of the molecule is C=C[C@@](C)(O)CC/C=C(\C)CC[C@H](O)[C@](C)(O)CCC[C@@](C)(O)CCC[C@@](C)(O)CCC[C@](C)(O)CCC[C@@](C)(O)CCC[C@](C)(O)CCC[C@@](C)(O)CCC[C@](C)(O)CCC[C@](C)(O)CCC=C(C)C. The smallest absolute Gasteiger partial charge is 0.0877 e. The largest absolute Gasteiger partial charge is 0.390 e. The Balaban J connectivity index is 4.51. The van der Waals surface area contributed by atoms with Crippen molar-refractivity contribution in [3.05, 3.63) is 36.0 Å². The van der Waals surface area contributed by atoms with E-state index in [4.69, 9.17) is 0 Å². The molecule has 0 radical (unpaired) electrons. The molecule has 422 valence electrons. The molecule has 0 saturated carbocycles. The van der Waals surface area contributed by atoms with E-state index in [2.05, 4.69) is 32.6 Å². The van der Waals surface area contributed by atoms with Crippen LogP contribution in [0.15, 0.2) is 36.0 Å². The van der Waals surface area contributed by atoms with Gasteiger partial charge in [-0.05, 0) is 283 Å². The number of rotatable bonds is 43. The van der Waals surface area contributed by atoms with Gasteiger partial charge in [-0.15, -0.1) is 6.58 Å². The fourth-order valence-electron chi connectivity index (χ4n) is 10.1. The molecule has 0 aromatic carbocycles. The average molecular weight is 1010 g/mol. The molecule has 0 aromatic heterocycles. The molecule has 0 aliphatic heterocycles. The molecular formula is C60H116O11. The van der Waals surface area contributed by atoms with E-state index in [0.717, 1.165) is 18.4 Å². The molecule has 0 aromatic rings. The third-order valence-corrected chi connectivity index (χ3v) is 15.8. The summed E-state index contributed by atoms with van der Waals surface area (Å²) in [5.74, 6) is 0. The number of aliphatic hydroxyl groups excluding tert-OH is 1. The summed E-state index contributed by atoms with van der Waals surface area (Å²) in [6.45, 7) is 27.7. The van der Waals surface area contributed by atoms with Crippen molar-refractivity contribution in [2.45, 2.75) is 345 Å². The Morgan fingerprint density at radius 2 is 0.606 bits per heavy atom. The normalized spacial score (nSPS) is 21.6. The first-order valence-electron chi connectivity index (χ1n) is 28.0. The highest BCUT2D eigenvalue weighted by atomic mass is 16.3. The first-order valence-corrected chi connectivity index (χ1v) is 28.0. The molecule has 71 heavy (non-hydrogen) atoms. The highest BCUT2D eigenvalue weighted by molar-refractivity contribution is 5.02. The summed E-state index contributed by atoms with van der Waals surface area (Å²) in [5, 5.41) is 120. The molecule has 11 N–H and O–H groups in total. The van der Waals surface area contributed by atoms with E-state index in [9.17, 15) is 56.2 Å². The van der Waals surface area contributed by atoms with E-state index < -0.39 is 62.1 Å². The molecule has 0 amide bonds. The van der Waals surface area contributed by atoms with Crippen molar-refractivity contribution in [2.75, 3.05) is 0 Å². The van der Waals surface area contributed by atoms with E-state index in [1.54, 1.807) is 27.7 Å². The van der Waals surface area contributed by atoms with E-state index in [0.29, 0.717) is 180 Å². The van der Waals surface area contributed by atoms with Crippen molar-refractivity contribution in [1.82, 2.24) is 0 Å². The molecule has 11 atom stereocenters. The topological polar surface area (TPSA) is 223 Å². The van der Waals surface area contributed by atoms with E-state index in [-0.39, 0.29) is 0 Å². The van der Waals surface area contributed by atoms with Crippen molar-refractivity contribution in [2.24, 2.45) is 0 Å². The van der Waals surface area contributed by atoms with Gasteiger partial charge in [0.05, 0.1) is 62.1 Å². The number of aliphatic hydroxyl groups is 11. The molecule has 0 heterocycles. The summed E-state index contributed by atoms with van der Waals surface area (Å²) in [6, 6.07) is 0. The van der Waals surface area contributed by atoms with Crippen molar-refractivity contribution >= 4 is 0 Å². The first kappa shape index (κ1) is 69.8. The minimum absolute atomic E-state index is 0.350. The Morgan fingerprint density at radius 1 is 0.366 bits per heavy atom. The first-order chi connectivity index (χ1) is 32.2. The predicted octanol–water partition coefficient (Wildman–Crippen LogP) is 11.7. The van der Waals surface area contributed by atoms with Crippen LogP contribution in [0.2, 0.25) is 0 Å². The Kier molecular flexibility index (Phi) is 30.6. The standard InChI is InChI=1S/C60H116O11/c1-15-51(5,62)30-17-27-49(4)28-29-50(61)60(14,71)47-25-46-59(13,70)45-24-44-58(12,69)43-23-42-57(11,68)41-22-40-56(10,67)39-21-38-55(9,66)37-20-36-54(8,65)35-19-34-53(7,64)33-18-32-52(6,63)31-16-26-48(2)3/h15,26-27,50,61-71H,1,16-25,28-47H2,2-14H3/b49-27+/t50-,51+,52+,53+,54-,55+,56-,57+,58-,59-,60+/m0/s1. The van der Waals surface area contributed by atoms with Crippen LogP contribution in [0.3, 0.4) is 0 Å². The molecule has 0 spiro atoms. The van der Waals surface area contributed by atoms with Crippen LogP contribution in [0.25, 0.3) is 0 Å². The van der Waals surface area contributed by atoms with E-state index in [1.165, 1.54) is 11.6 Å².